The second-order valence-corrected chi connectivity index (χ2v) is 4.54. The molecule has 3 nitrogen and oxygen atoms in total. The van der Waals surface area contributed by atoms with Gasteiger partial charge in [0, 0.05) is 26.2 Å². The van der Waals surface area contributed by atoms with E-state index < -0.39 is 0 Å². The van der Waals surface area contributed by atoms with Crippen molar-refractivity contribution in [3.63, 3.8) is 0 Å². The van der Waals surface area contributed by atoms with Crippen LogP contribution in [0.25, 0.3) is 0 Å². The zero-order chi connectivity index (χ0) is 12.7. The van der Waals surface area contributed by atoms with Crippen molar-refractivity contribution in [2.45, 2.75) is 27.7 Å². The lowest BCUT2D eigenvalue weighted by atomic mass is 10.3. The van der Waals surface area contributed by atoms with Crippen LogP contribution in [0.15, 0.2) is 23.5 Å². The summed E-state index contributed by atoms with van der Waals surface area (Å²) in [5, 5.41) is 0. The lowest BCUT2D eigenvalue weighted by Crippen LogP contribution is -2.42. The van der Waals surface area contributed by atoms with Crippen molar-refractivity contribution in [1.29, 1.82) is 0 Å². The third kappa shape index (κ3) is 4.43. The van der Waals surface area contributed by atoms with E-state index >= 15 is 0 Å². The molecular formula is C14H26N2O. The first-order valence-corrected chi connectivity index (χ1v) is 6.61. The molecule has 17 heavy (non-hydrogen) atoms. The van der Waals surface area contributed by atoms with Gasteiger partial charge in [0.25, 0.3) is 0 Å². The predicted molar refractivity (Wildman–Crippen MR) is 72.8 cm³/mol. The van der Waals surface area contributed by atoms with Crippen LogP contribution in [0.4, 0.5) is 0 Å². The van der Waals surface area contributed by atoms with Crippen molar-refractivity contribution < 1.29 is 4.74 Å². The molecule has 1 fully saturated rings. The molecule has 1 aliphatic heterocycles. The summed E-state index contributed by atoms with van der Waals surface area (Å²) in [6.07, 6.45) is 4.44. The Hall–Kier alpha value is -0.960. The molecule has 0 aliphatic carbocycles. The molecule has 0 radical (unpaired) electrons. The van der Waals surface area contributed by atoms with Crippen LogP contribution in [0.2, 0.25) is 0 Å². The van der Waals surface area contributed by atoms with E-state index in [1.165, 1.54) is 11.4 Å². The van der Waals surface area contributed by atoms with Crippen LogP contribution >= 0.6 is 0 Å². The molecule has 0 aromatic heterocycles. The van der Waals surface area contributed by atoms with Crippen LogP contribution < -0.4 is 0 Å². The Morgan fingerprint density at radius 2 is 1.71 bits per heavy atom. The Labute approximate surface area is 106 Å². The minimum atomic E-state index is 0.841. The number of morpholine rings is 1. The highest BCUT2D eigenvalue weighted by Gasteiger charge is 2.16. The number of rotatable bonds is 5. The first-order chi connectivity index (χ1) is 8.19. The Balaban J connectivity index is 2.83. The van der Waals surface area contributed by atoms with Crippen LogP contribution in [0.1, 0.15) is 27.7 Å². The summed E-state index contributed by atoms with van der Waals surface area (Å²) in [5.41, 5.74) is 1.34. The van der Waals surface area contributed by atoms with Crippen molar-refractivity contribution in [3.05, 3.63) is 23.5 Å². The van der Waals surface area contributed by atoms with Gasteiger partial charge in [-0.2, -0.15) is 0 Å². The summed E-state index contributed by atoms with van der Waals surface area (Å²) in [5.74, 6) is 1.33. The lowest BCUT2D eigenvalue weighted by Gasteiger charge is -2.37. The second-order valence-electron chi connectivity index (χ2n) is 4.54. The topological polar surface area (TPSA) is 15.7 Å². The average Bonchev–Trinajstić information content (AvgIpc) is 2.35. The van der Waals surface area contributed by atoms with E-state index in [2.05, 4.69) is 49.6 Å². The zero-order valence-electron chi connectivity index (χ0n) is 11.7. The summed E-state index contributed by atoms with van der Waals surface area (Å²) < 4.78 is 5.42. The Morgan fingerprint density at radius 3 is 2.18 bits per heavy atom. The van der Waals surface area contributed by atoms with Gasteiger partial charge in [0.1, 0.15) is 5.82 Å². The van der Waals surface area contributed by atoms with E-state index in [0.29, 0.717) is 0 Å². The highest BCUT2D eigenvalue weighted by Crippen LogP contribution is 2.13. The van der Waals surface area contributed by atoms with Crippen molar-refractivity contribution in [2.24, 2.45) is 0 Å². The summed E-state index contributed by atoms with van der Waals surface area (Å²) in [6, 6.07) is 0. The Bertz CT molecular complexity index is 270. The van der Waals surface area contributed by atoms with Crippen LogP contribution in [-0.4, -0.2) is 49.2 Å². The molecule has 0 spiro atoms. The van der Waals surface area contributed by atoms with Crippen LogP contribution in [0.3, 0.4) is 0 Å². The molecule has 3 heteroatoms. The quantitative estimate of drug-likeness (QED) is 0.684. The van der Waals surface area contributed by atoms with Gasteiger partial charge in [-0.3, -0.25) is 0 Å². The van der Waals surface area contributed by atoms with E-state index in [-0.39, 0.29) is 0 Å². The molecule has 0 N–H and O–H groups in total. The maximum Gasteiger partial charge on any atom is 0.104 e. The second kappa shape index (κ2) is 7.38. The summed E-state index contributed by atoms with van der Waals surface area (Å²) >= 11 is 0. The van der Waals surface area contributed by atoms with Gasteiger partial charge >= 0.3 is 0 Å². The maximum absolute atomic E-state index is 5.42. The van der Waals surface area contributed by atoms with E-state index in [9.17, 15) is 0 Å². The van der Waals surface area contributed by atoms with E-state index in [0.717, 1.165) is 39.4 Å². The van der Waals surface area contributed by atoms with Gasteiger partial charge in [-0.15, -0.1) is 0 Å². The minimum Gasteiger partial charge on any atom is -0.378 e. The van der Waals surface area contributed by atoms with Gasteiger partial charge in [0.2, 0.25) is 0 Å². The molecule has 1 heterocycles. The maximum atomic E-state index is 5.42. The number of ether oxygens (including phenoxy) is 1. The van der Waals surface area contributed by atoms with Gasteiger partial charge < -0.3 is 14.5 Å². The van der Waals surface area contributed by atoms with E-state index in [1.54, 1.807) is 0 Å². The van der Waals surface area contributed by atoms with Gasteiger partial charge in [-0.25, -0.2) is 0 Å². The fourth-order valence-corrected chi connectivity index (χ4v) is 1.99. The molecule has 0 saturated carbocycles. The number of allylic oxidation sites excluding steroid dienone is 3. The molecule has 0 aromatic carbocycles. The smallest absolute Gasteiger partial charge is 0.104 e. The number of hydrogen-bond donors (Lipinski definition) is 0. The molecule has 0 aromatic rings. The molecule has 0 bridgehead atoms. The first kappa shape index (κ1) is 14.1. The van der Waals surface area contributed by atoms with Crippen molar-refractivity contribution in [2.75, 3.05) is 39.4 Å². The number of nitrogens with zero attached hydrogens (tertiary/aromatic N) is 2. The van der Waals surface area contributed by atoms with Crippen LogP contribution in [-0.2, 0) is 4.74 Å². The summed E-state index contributed by atoms with van der Waals surface area (Å²) in [4.78, 5) is 4.83. The van der Waals surface area contributed by atoms with Crippen LogP contribution in [0.5, 0.6) is 0 Å². The van der Waals surface area contributed by atoms with Gasteiger partial charge in [-0.05, 0) is 33.8 Å². The van der Waals surface area contributed by atoms with Crippen molar-refractivity contribution >= 4 is 0 Å². The monoisotopic (exact) mass is 238 g/mol. The third-order valence-corrected chi connectivity index (χ3v) is 2.99. The normalized spacial score (nSPS) is 16.9. The predicted octanol–water partition coefficient (Wildman–Crippen LogP) is 2.47. The molecule has 0 amide bonds. The first-order valence-electron chi connectivity index (χ1n) is 6.61. The van der Waals surface area contributed by atoms with Crippen molar-refractivity contribution in [3.8, 4) is 0 Å². The summed E-state index contributed by atoms with van der Waals surface area (Å²) in [7, 11) is 0. The molecule has 0 unspecified atom stereocenters. The van der Waals surface area contributed by atoms with Gasteiger partial charge in [0.15, 0.2) is 0 Å². The minimum absolute atomic E-state index is 0.841. The Morgan fingerprint density at radius 1 is 1.12 bits per heavy atom. The lowest BCUT2D eigenvalue weighted by molar-refractivity contribution is 0.0386. The highest BCUT2D eigenvalue weighted by molar-refractivity contribution is 5.15. The van der Waals surface area contributed by atoms with E-state index in [1.807, 2.05) is 0 Å². The molecule has 1 rings (SSSR count). The molecular weight excluding hydrogens is 212 g/mol. The van der Waals surface area contributed by atoms with Gasteiger partial charge in [0.05, 0.1) is 13.2 Å². The fourth-order valence-electron chi connectivity index (χ4n) is 1.99. The average molecular weight is 238 g/mol. The molecule has 1 aliphatic rings. The molecule has 0 atom stereocenters. The summed E-state index contributed by atoms with van der Waals surface area (Å²) in [6.45, 7) is 14.5. The largest absolute Gasteiger partial charge is 0.378 e. The molecule has 1 saturated heterocycles. The molecule has 98 valence electrons. The SMILES string of the molecule is CCN(CC)/C(=C/C=C(C)C)N1CCOCC1. The third-order valence-electron chi connectivity index (χ3n) is 2.99. The highest BCUT2D eigenvalue weighted by atomic mass is 16.5. The fraction of sp³-hybridized carbons (Fsp3) is 0.714. The van der Waals surface area contributed by atoms with Crippen LogP contribution in [0, 0.1) is 0 Å². The standard InChI is InChI=1S/C14H26N2O/c1-5-15(6-2)14(8-7-13(3)4)16-9-11-17-12-10-16/h7-8H,5-6,9-12H2,1-4H3/b14-8-. The number of hydrogen-bond acceptors (Lipinski definition) is 3. The Kier molecular flexibility index (Phi) is 6.12. The van der Waals surface area contributed by atoms with Gasteiger partial charge in [-0.1, -0.05) is 11.6 Å². The zero-order valence-corrected chi connectivity index (χ0v) is 11.7. The van der Waals surface area contributed by atoms with Crippen molar-refractivity contribution in [1.82, 2.24) is 9.80 Å². The van der Waals surface area contributed by atoms with E-state index in [4.69, 9.17) is 4.74 Å².